The van der Waals surface area contributed by atoms with Crippen LogP contribution in [0.2, 0.25) is 0 Å². The van der Waals surface area contributed by atoms with Crippen LogP contribution in [-0.4, -0.2) is 25.8 Å². The molecule has 0 aliphatic carbocycles. The number of rotatable bonds is 5. The summed E-state index contributed by atoms with van der Waals surface area (Å²) in [5, 5.41) is 12.1. The molecule has 0 spiro atoms. The Hall–Kier alpha value is -2.51. The Morgan fingerprint density at radius 1 is 1.13 bits per heavy atom. The minimum atomic E-state index is -0.635. The molecule has 0 saturated carbocycles. The standard InChI is InChI=1S/C16H16N4O2S/c17-13(7-10-1-4-12(21)5-2-10)16(22)18-9-11-3-6-14-15(8-11)20-23-19-14/h1-6,8,13,21H,7,9,17H2,(H,18,22)/t13-/m1/s1. The number of carbonyl (C=O) groups is 1. The molecule has 118 valence electrons. The molecule has 0 aliphatic heterocycles. The second-order valence-electron chi connectivity index (χ2n) is 5.28. The maximum Gasteiger partial charge on any atom is 0.237 e. The Balaban J connectivity index is 1.56. The van der Waals surface area contributed by atoms with Gasteiger partial charge in [-0.25, -0.2) is 0 Å². The lowest BCUT2D eigenvalue weighted by molar-refractivity contribution is -0.122. The van der Waals surface area contributed by atoms with Gasteiger partial charge in [-0.1, -0.05) is 18.2 Å². The van der Waals surface area contributed by atoms with Crippen molar-refractivity contribution in [3.8, 4) is 5.75 Å². The summed E-state index contributed by atoms with van der Waals surface area (Å²) in [6.07, 6.45) is 0.418. The van der Waals surface area contributed by atoms with Crippen molar-refractivity contribution in [2.75, 3.05) is 0 Å². The first-order valence-electron chi connectivity index (χ1n) is 7.14. The van der Waals surface area contributed by atoms with Crippen molar-refractivity contribution in [1.82, 2.24) is 14.1 Å². The van der Waals surface area contributed by atoms with E-state index in [1.54, 1.807) is 24.3 Å². The fourth-order valence-electron chi connectivity index (χ4n) is 2.24. The molecule has 0 unspecified atom stereocenters. The normalized spacial score (nSPS) is 12.2. The number of phenols is 1. The molecule has 3 aromatic rings. The lowest BCUT2D eigenvalue weighted by atomic mass is 10.1. The van der Waals surface area contributed by atoms with E-state index < -0.39 is 6.04 Å². The Labute approximate surface area is 137 Å². The van der Waals surface area contributed by atoms with E-state index in [0.29, 0.717) is 13.0 Å². The van der Waals surface area contributed by atoms with Crippen LogP contribution in [0.5, 0.6) is 5.75 Å². The first kappa shape index (κ1) is 15.4. The topological polar surface area (TPSA) is 101 Å². The van der Waals surface area contributed by atoms with Crippen LogP contribution in [0.1, 0.15) is 11.1 Å². The summed E-state index contributed by atoms with van der Waals surface area (Å²) in [6, 6.07) is 11.7. The zero-order valence-electron chi connectivity index (χ0n) is 12.3. The van der Waals surface area contributed by atoms with Crippen LogP contribution in [0.3, 0.4) is 0 Å². The van der Waals surface area contributed by atoms with E-state index in [4.69, 9.17) is 5.73 Å². The molecule has 1 aromatic heterocycles. The number of benzene rings is 2. The minimum absolute atomic E-state index is 0.193. The number of aromatic nitrogens is 2. The maximum absolute atomic E-state index is 12.1. The molecule has 23 heavy (non-hydrogen) atoms. The molecule has 0 radical (unpaired) electrons. The number of aromatic hydroxyl groups is 1. The quantitative estimate of drug-likeness (QED) is 0.660. The zero-order valence-corrected chi connectivity index (χ0v) is 13.1. The van der Waals surface area contributed by atoms with Crippen molar-refractivity contribution in [3.63, 3.8) is 0 Å². The zero-order chi connectivity index (χ0) is 16.2. The maximum atomic E-state index is 12.1. The van der Waals surface area contributed by atoms with E-state index in [9.17, 15) is 9.90 Å². The summed E-state index contributed by atoms with van der Waals surface area (Å²) in [4.78, 5) is 12.1. The summed E-state index contributed by atoms with van der Waals surface area (Å²) in [7, 11) is 0. The molecular formula is C16H16N4O2S. The van der Waals surface area contributed by atoms with Crippen molar-refractivity contribution in [2.24, 2.45) is 5.73 Å². The molecule has 0 saturated heterocycles. The fourth-order valence-corrected chi connectivity index (χ4v) is 2.75. The van der Waals surface area contributed by atoms with E-state index in [2.05, 4.69) is 14.1 Å². The van der Waals surface area contributed by atoms with Crippen molar-refractivity contribution in [2.45, 2.75) is 19.0 Å². The lowest BCUT2D eigenvalue weighted by Gasteiger charge is -2.12. The Kier molecular flexibility index (Phi) is 4.50. The van der Waals surface area contributed by atoms with E-state index in [0.717, 1.165) is 22.2 Å². The van der Waals surface area contributed by atoms with Gasteiger partial charge in [0.25, 0.3) is 0 Å². The largest absolute Gasteiger partial charge is 0.508 e. The van der Waals surface area contributed by atoms with Gasteiger partial charge < -0.3 is 16.2 Å². The van der Waals surface area contributed by atoms with Crippen LogP contribution in [0.15, 0.2) is 42.5 Å². The minimum Gasteiger partial charge on any atom is -0.508 e. The molecule has 0 bridgehead atoms. The third-order valence-corrected chi connectivity index (χ3v) is 4.07. The number of nitrogens with two attached hydrogens (primary N) is 1. The van der Waals surface area contributed by atoms with E-state index in [1.165, 1.54) is 11.7 Å². The third-order valence-electron chi connectivity index (χ3n) is 3.51. The molecule has 6 nitrogen and oxygen atoms in total. The summed E-state index contributed by atoms with van der Waals surface area (Å²) in [5.74, 6) is -0.0201. The Morgan fingerprint density at radius 2 is 1.83 bits per heavy atom. The van der Waals surface area contributed by atoms with E-state index in [-0.39, 0.29) is 11.7 Å². The molecule has 3 rings (SSSR count). The predicted octanol–water partition coefficient (Wildman–Crippen LogP) is 1.58. The first-order valence-corrected chi connectivity index (χ1v) is 7.87. The Morgan fingerprint density at radius 3 is 2.61 bits per heavy atom. The Bertz CT molecular complexity index is 816. The lowest BCUT2D eigenvalue weighted by Crippen LogP contribution is -2.41. The molecule has 1 atom stereocenters. The number of hydrogen-bond acceptors (Lipinski definition) is 6. The molecule has 2 aromatic carbocycles. The van der Waals surface area contributed by atoms with Gasteiger partial charge in [0, 0.05) is 6.54 Å². The number of amides is 1. The van der Waals surface area contributed by atoms with Gasteiger partial charge in [-0.2, -0.15) is 8.75 Å². The van der Waals surface area contributed by atoms with Crippen LogP contribution < -0.4 is 11.1 Å². The van der Waals surface area contributed by atoms with E-state index in [1.807, 2.05) is 18.2 Å². The monoisotopic (exact) mass is 328 g/mol. The third kappa shape index (κ3) is 3.82. The van der Waals surface area contributed by atoms with Crippen LogP contribution >= 0.6 is 11.7 Å². The number of fused-ring (bicyclic) bond motifs is 1. The number of nitrogens with one attached hydrogen (secondary N) is 1. The highest BCUT2D eigenvalue weighted by molar-refractivity contribution is 7.00. The number of nitrogens with zero attached hydrogens (tertiary/aromatic N) is 2. The fraction of sp³-hybridized carbons (Fsp3) is 0.188. The van der Waals surface area contributed by atoms with Gasteiger partial charge in [0.15, 0.2) is 0 Å². The van der Waals surface area contributed by atoms with Crippen LogP contribution in [0.4, 0.5) is 0 Å². The summed E-state index contributed by atoms with van der Waals surface area (Å²) >= 11 is 1.17. The highest BCUT2D eigenvalue weighted by Crippen LogP contribution is 2.14. The highest BCUT2D eigenvalue weighted by atomic mass is 32.1. The number of phenolic OH excluding ortho intramolecular Hbond substituents is 1. The second-order valence-corrected chi connectivity index (χ2v) is 5.81. The van der Waals surface area contributed by atoms with Crippen molar-refractivity contribution in [3.05, 3.63) is 53.6 Å². The van der Waals surface area contributed by atoms with Gasteiger partial charge in [0.1, 0.15) is 16.8 Å². The molecule has 1 heterocycles. The summed E-state index contributed by atoms with van der Waals surface area (Å²) in [5.41, 5.74) is 9.47. The van der Waals surface area contributed by atoms with Crippen LogP contribution in [-0.2, 0) is 17.8 Å². The van der Waals surface area contributed by atoms with Crippen molar-refractivity contribution < 1.29 is 9.90 Å². The SMILES string of the molecule is N[C@H](Cc1ccc(O)cc1)C(=O)NCc1ccc2nsnc2c1. The summed E-state index contributed by atoms with van der Waals surface area (Å²) in [6.45, 7) is 0.398. The van der Waals surface area contributed by atoms with Crippen molar-refractivity contribution in [1.29, 1.82) is 0 Å². The molecule has 7 heteroatoms. The number of hydrogen-bond donors (Lipinski definition) is 3. The van der Waals surface area contributed by atoms with E-state index >= 15 is 0 Å². The molecule has 0 aliphatic rings. The van der Waals surface area contributed by atoms with Gasteiger partial charge in [0.2, 0.25) is 5.91 Å². The second kappa shape index (κ2) is 6.72. The molecule has 1 amide bonds. The van der Waals surface area contributed by atoms with Gasteiger partial charge in [0.05, 0.1) is 17.8 Å². The van der Waals surface area contributed by atoms with Gasteiger partial charge in [-0.05, 0) is 41.8 Å². The highest BCUT2D eigenvalue weighted by Gasteiger charge is 2.14. The van der Waals surface area contributed by atoms with Gasteiger partial charge >= 0.3 is 0 Å². The van der Waals surface area contributed by atoms with Crippen molar-refractivity contribution >= 4 is 28.7 Å². The smallest absolute Gasteiger partial charge is 0.237 e. The molecular weight excluding hydrogens is 312 g/mol. The average molecular weight is 328 g/mol. The van der Waals surface area contributed by atoms with Gasteiger partial charge in [-0.15, -0.1) is 0 Å². The number of carbonyl (C=O) groups excluding carboxylic acids is 1. The summed E-state index contributed by atoms with van der Waals surface area (Å²) < 4.78 is 8.32. The molecule has 0 fully saturated rings. The molecule has 4 N–H and O–H groups in total. The predicted molar refractivity (Wildman–Crippen MR) is 89.0 cm³/mol. The first-order chi connectivity index (χ1) is 11.1. The van der Waals surface area contributed by atoms with Gasteiger partial charge in [-0.3, -0.25) is 4.79 Å². The van der Waals surface area contributed by atoms with Crippen LogP contribution in [0.25, 0.3) is 11.0 Å². The van der Waals surface area contributed by atoms with Crippen LogP contribution in [0, 0.1) is 0 Å². The average Bonchev–Trinajstić information content (AvgIpc) is 3.02.